The molecule has 2 aliphatic rings. The number of rotatable bonds is 11. The second-order valence-electron chi connectivity index (χ2n) is 28.8. The van der Waals surface area contributed by atoms with E-state index in [0.29, 0.717) is 0 Å². The molecule has 6 nitrogen and oxygen atoms in total. The van der Waals surface area contributed by atoms with Crippen molar-refractivity contribution in [1.82, 2.24) is 19.1 Å². The molecule has 7 heteroatoms. The topological polar surface area (TPSA) is 50.9 Å². The Balaban J connectivity index is 0.000000126. The predicted molar refractivity (Wildman–Crippen MR) is 453 cm³/mol. The van der Waals surface area contributed by atoms with Crippen LogP contribution < -0.4 is 10.2 Å². The zero-order valence-corrected chi connectivity index (χ0v) is 61.5. The molecule has 107 heavy (non-hydrogen) atoms. The van der Waals surface area contributed by atoms with E-state index >= 15 is 0 Å². The van der Waals surface area contributed by atoms with Gasteiger partial charge in [-0.3, -0.25) is 9.97 Å². The molecule has 20 rings (SSSR count). The van der Waals surface area contributed by atoms with Crippen molar-refractivity contribution in [2.24, 2.45) is 0 Å². The van der Waals surface area contributed by atoms with Gasteiger partial charge in [-0.1, -0.05) is 262 Å². The molecule has 4 aromatic heterocycles. The van der Waals surface area contributed by atoms with Crippen molar-refractivity contribution in [2.75, 3.05) is 10.2 Å². The molecular formula is C100H75BrN6. The van der Waals surface area contributed by atoms with E-state index in [1.165, 1.54) is 122 Å². The second-order valence-corrected chi connectivity index (χ2v) is 29.7. The molecule has 512 valence electrons. The van der Waals surface area contributed by atoms with Gasteiger partial charge in [0.15, 0.2) is 0 Å². The fourth-order valence-electron chi connectivity index (χ4n) is 16.3. The molecule has 0 radical (unpaired) electrons. The fourth-order valence-corrected chi connectivity index (χ4v) is 16.6. The van der Waals surface area contributed by atoms with Gasteiger partial charge in [0, 0.05) is 101 Å². The molecule has 0 saturated heterocycles. The van der Waals surface area contributed by atoms with Crippen molar-refractivity contribution < 1.29 is 0 Å². The van der Waals surface area contributed by atoms with Gasteiger partial charge in [0.2, 0.25) is 0 Å². The van der Waals surface area contributed by atoms with Crippen LogP contribution in [-0.2, 0) is 10.8 Å². The summed E-state index contributed by atoms with van der Waals surface area (Å²) in [5.74, 6) is 0. The molecule has 0 aliphatic heterocycles. The minimum absolute atomic E-state index is 0.0246. The molecule has 18 aromatic rings. The van der Waals surface area contributed by atoms with E-state index < -0.39 is 0 Å². The number of hydrogen-bond donors (Lipinski definition) is 1. The lowest BCUT2D eigenvalue weighted by Crippen LogP contribution is -2.17. The summed E-state index contributed by atoms with van der Waals surface area (Å²) < 4.78 is 5.96. The highest BCUT2D eigenvalue weighted by Crippen LogP contribution is 2.53. The van der Waals surface area contributed by atoms with Crippen LogP contribution in [0, 0.1) is 0 Å². The van der Waals surface area contributed by atoms with Crippen LogP contribution in [0.5, 0.6) is 0 Å². The maximum absolute atomic E-state index is 4.35. The first-order valence-electron chi connectivity index (χ1n) is 36.6. The Morgan fingerprint density at radius 2 is 0.589 bits per heavy atom. The fraction of sp³-hybridized carbons (Fsp3) is 0.0600. The van der Waals surface area contributed by atoms with Gasteiger partial charge in [-0.2, -0.15) is 0 Å². The first-order chi connectivity index (χ1) is 52.5. The number of anilines is 5. The highest BCUT2D eigenvalue weighted by Gasteiger charge is 2.38. The van der Waals surface area contributed by atoms with Gasteiger partial charge in [-0.15, -0.1) is 0 Å². The van der Waals surface area contributed by atoms with Crippen molar-refractivity contribution in [3.63, 3.8) is 0 Å². The highest BCUT2D eigenvalue weighted by molar-refractivity contribution is 9.10. The van der Waals surface area contributed by atoms with Gasteiger partial charge in [0.05, 0.1) is 22.1 Å². The number of hydrogen-bond acceptors (Lipinski definition) is 4. The lowest BCUT2D eigenvalue weighted by molar-refractivity contribution is 0.659. The van der Waals surface area contributed by atoms with E-state index in [1.807, 2.05) is 36.8 Å². The normalized spacial score (nSPS) is 12.7. The van der Waals surface area contributed by atoms with Crippen LogP contribution in [0.4, 0.5) is 28.4 Å². The van der Waals surface area contributed by atoms with E-state index in [1.54, 1.807) is 6.20 Å². The van der Waals surface area contributed by atoms with Crippen LogP contribution in [0.1, 0.15) is 49.9 Å². The van der Waals surface area contributed by atoms with Crippen molar-refractivity contribution in [3.05, 3.63) is 403 Å². The van der Waals surface area contributed by atoms with E-state index in [0.717, 1.165) is 55.2 Å². The highest BCUT2D eigenvalue weighted by atomic mass is 79.9. The Hall–Kier alpha value is -12.9. The number of halogens is 1. The van der Waals surface area contributed by atoms with Crippen molar-refractivity contribution in [1.29, 1.82) is 0 Å². The molecule has 0 fully saturated rings. The summed E-state index contributed by atoms with van der Waals surface area (Å²) in [5, 5.41) is 8.61. The lowest BCUT2D eigenvalue weighted by Gasteiger charge is -2.28. The number of aromatic nitrogens is 4. The van der Waals surface area contributed by atoms with Crippen LogP contribution in [0.2, 0.25) is 0 Å². The molecular weight excluding hydrogens is 1370 g/mol. The SMILES string of the molecule is CC1(C)c2cc(Br)ccc2-c2ccc(-n3c4ccccc4c4ccccc43)cc21.CC1(C)c2cc(N(c3ccc(-c4ccccc4)cc3)c3ccc(-c4cccnc4)cc3)ccc2-c2ccc(-n3c4ccccc4c4ccccc43)cc21.c1ccc(-c2ccc(Nc3ccc(-c4cccnc4)cc3)cc2)cc1. The summed E-state index contributed by atoms with van der Waals surface area (Å²) in [5.41, 5.74) is 32.8. The number of pyridine rings is 2. The van der Waals surface area contributed by atoms with Crippen LogP contribution >= 0.6 is 15.9 Å². The Bertz CT molecular complexity index is 6030. The zero-order chi connectivity index (χ0) is 72.2. The molecule has 1 N–H and O–H groups in total. The molecule has 0 atom stereocenters. The number of benzene rings is 14. The van der Waals surface area contributed by atoms with Gasteiger partial charge in [0.1, 0.15) is 0 Å². The number of para-hydroxylation sites is 4. The molecule has 0 spiro atoms. The smallest absolute Gasteiger partial charge is 0.0541 e. The largest absolute Gasteiger partial charge is 0.356 e. The average Bonchev–Trinajstić information content (AvgIpc) is 1.58. The van der Waals surface area contributed by atoms with E-state index in [9.17, 15) is 0 Å². The number of nitrogens with zero attached hydrogens (tertiary/aromatic N) is 5. The van der Waals surface area contributed by atoms with Gasteiger partial charge < -0.3 is 19.4 Å². The monoisotopic (exact) mass is 1440 g/mol. The van der Waals surface area contributed by atoms with Crippen molar-refractivity contribution in [3.8, 4) is 78.1 Å². The summed E-state index contributed by atoms with van der Waals surface area (Å²) >= 11 is 3.66. The molecule has 0 saturated carbocycles. The Morgan fingerprint density at radius 3 is 0.981 bits per heavy atom. The molecule has 4 heterocycles. The first-order valence-corrected chi connectivity index (χ1v) is 37.4. The maximum Gasteiger partial charge on any atom is 0.0541 e. The maximum atomic E-state index is 4.35. The average molecular weight is 1440 g/mol. The molecule has 0 amide bonds. The second kappa shape index (κ2) is 27.6. The van der Waals surface area contributed by atoms with Crippen molar-refractivity contribution >= 4 is 88.0 Å². The lowest BCUT2D eigenvalue weighted by atomic mass is 9.82. The summed E-state index contributed by atoms with van der Waals surface area (Å²) in [6.07, 6.45) is 7.41. The first kappa shape index (κ1) is 66.0. The van der Waals surface area contributed by atoms with Gasteiger partial charge in [-0.05, 0) is 222 Å². The zero-order valence-electron chi connectivity index (χ0n) is 59.9. The van der Waals surface area contributed by atoms with Crippen LogP contribution in [-0.4, -0.2) is 19.1 Å². The summed E-state index contributed by atoms with van der Waals surface area (Å²) in [4.78, 5) is 10.9. The standard InChI is InChI=1S/C50H37N3.C27H20BrN.C23H18N2/c1-50(2)46-31-40(26-28-42(46)43-29-27-41(32-47(43)50)53-48-16-8-6-14-44(48)45-15-7-9-17-49(45)53)52(38-22-18-35(19-23-38)34-11-4-3-5-12-34)39-24-20-36(21-25-39)37-13-10-30-51-33-37;1-27(2)23-15-17(28)11-13-19(23)20-14-12-18(16-24(20)27)29-25-9-5-3-7-21(25)22-8-4-6-10-26(22)29;1-2-5-18(6-3-1)19-8-12-22(13-9-19)25-23-14-10-20(11-15-23)21-7-4-16-24-17-21/h3-33H,1-2H3;3-16H,1-2H3;1-17,25H. The van der Waals surface area contributed by atoms with Crippen LogP contribution in [0.3, 0.4) is 0 Å². The van der Waals surface area contributed by atoms with Gasteiger partial charge in [0.25, 0.3) is 0 Å². The minimum atomic E-state index is -0.206. The number of nitrogens with one attached hydrogen (secondary N) is 1. The van der Waals surface area contributed by atoms with Gasteiger partial charge >= 0.3 is 0 Å². The summed E-state index contributed by atoms with van der Waals surface area (Å²) in [6.45, 7) is 9.41. The van der Waals surface area contributed by atoms with Crippen LogP contribution in [0.25, 0.3) is 122 Å². The minimum Gasteiger partial charge on any atom is -0.356 e. The summed E-state index contributed by atoms with van der Waals surface area (Å²) in [7, 11) is 0. The Labute approximate surface area is 633 Å². The third-order valence-corrected chi connectivity index (χ3v) is 22.2. The Morgan fingerprint density at radius 1 is 0.280 bits per heavy atom. The quantitative estimate of drug-likeness (QED) is 0.140. The third kappa shape index (κ3) is 12.2. The van der Waals surface area contributed by atoms with Crippen LogP contribution in [0.15, 0.2) is 381 Å². The molecule has 14 aromatic carbocycles. The molecule has 0 unspecified atom stereocenters. The Kier molecular flexibility index (Phi) is 17.0. The van der Waals surface area contributed by atoms with E-state index in [2.05, 4.69) is 407 Å². The molecule has 0 bridgehead atoms. The van der Waals surface area contributed by atoms with E-state index in [-0.39, 0.29) is 10.8 Å². The van der Waals surface area contributed by atoms with Gasteiger partial charge in [-0.25, -0.2) is 0 Å². The summed E-state index contributed by atoms with van der Waals surface area (Å²) in [6, 6.07) is 126. The predicted octanol–water partition coefficient (Wildman–Crippen LogP) is 27.3. The molecule has 2 aliphatic carbocycles. The number of fused-ring (bicyclic) bond motifs is 12. The van der Waals surface area contributed by atoms with E-state index in [4.69, 9.17) is 0 Å². The third-order valence-electron chi connectivity index (χ3n) is 21.7. The van der Waals surface area contributed by atoms with Crippen molar-refractivity contribution in [2.45, 2.75) is 38.5 Å².